The van der Waals surface area contributed by atoms with Crippen molar-refractivity contribution in [2.24, 2.45) is 0 Å². The van der Waals surface area contributed by atoms with Gasteiger partial charge in [-0.2, -0.15) is 0 Å². The van der Waals surface area contributed by atoms with Crippen LogP contribution in [0.2, 0.25) is 0 Å². The van der Waals surface area contributed by atoms with E-state index in [4.69, 9.17) is 15.0 Å². The van der Waals surface area contributed by atoms with Gasteiger partial charge in [-0.15, -0.1) is 0 Å². The van der Waals surface area contributed by atoms with Crippen LogP contribution in [0.25, 0.3) is 11.3 Å². The molecule has 0 saturated heterocycles. The van der Waals surface area contributed by atoms with Crippen LogP contribution < -0.4 is 26.6 Å². The summed E-state index contributed by atoms with van der Waals surface area (Å²) in [6.07, 6.45) is 1.69. The molecule has 3 rings (SSSR count). The first-order valence-electron chi connectivity index (χ1n) is 9.96. The number of ether oxygens (including phenoxy) is 1. The van der Waals surface area contributed by atoms with Crippen molar-refractivity contribution in [2.45, 2.75) is 39.8 Å². The predicted octanol–water partition coefficient (Wildman–Crippen LogP) is 2.61. The molecule has 0 radical (unpaired) electrons. The first-order valence-corrected chi connectivity index (χ1v) is 9.96. The lowest BCUT2D eigenvalue weighted by Crippen LogP contribution is -2.38. The van der Waals surface area contributed by atoms with Gasteiger partial charge >= 0.3 is 5.69 Å². The van der Waals surface area contributed by atoms with Crippen LogP contribution in [0.1, 0.15) is 32.4 Å². The number of methoxy groups -OCH3 is 1. The minimum Gasteiger partial charge on any atom is -0.497 e. The number of benzene rings is 1. The summed E-state index contributed by atoms with van der Waals surface area (Å²) >= 11 is 0. The zero-order chi connectivity index (χ0) is 21.7. The number of H-pyrrole nitrogens is 1. The van der Waals surface area contributed by atoms with Crippen LogP contribution in [0.5, 0.6) is 5.75 Å². The van der Waals surface area contributed by atoms with Crippen molar-refractivity contribution in [1.82, 2.24) is 14.7 Å². The van der Waals surface area contributed by atoms with Crippen LogP contribution in [0.3, 0.4) is 0 Å². The van der Waals surface area contributed by atoms with E-state index in [2.05, 4.69) is 10.1 Å². The highest BCUT2D eigenvalue weighted by molar-refractivity contribution is 5.63. The van der Waals surface area contributed by atoms with Gasteiger partial charge in [-0.05, 0) is 37.6 Å². The van der Waals surface area contributed by atoms with E-state index >= 15 is 0 Å². The maximum atomic E-state index is 12.5. The van der Waals surface area contributed by atoms with Crippen LogP contribution in [0.15, 0.2) is 44.4 Å². The summed E-state index contributed by atoms with van der Waals surface area (Å²) in [5, 5.41) is 4.13. The normalized spacial score (nSPS) is 10.9. The van der Waals surface area contributed by atoms with Gasteiger partial charge in [0, 0.05) is 24.7 Å². The largest absolute Gasteiger partial charge is 0.497 e. The average molecular weight is 413 g/mol. The molecular weight excluding hydrogens is 386 g/mol. The van der Waals surface area contributed by atoms with Gasteiger partial charge in [-0.25, -0.2) is 4.79 Å². The Balaban J connectivity index is 1.88. The Hall–Kier alpha value is -3.49. The van der Waals surface area contributed by atoms with Gasteiger partial charge < -0.3 is 19.9 Å². The van der Waals surface area contributed by atoms with E-state index in [1.807, 2.05) is 44.2 Å². The molecule has 30 heavy (non-hydrogen) atoms. The number of nitrogens with two attached hydrogens (primary N) is 1. The Morgan fingerprint density at radius 3 is 2.60 bits per heavy atom. The molecule has 9 heteroatoms. The SMILES string of the molecule is CCCCn1c(N)c(N(CC)Cc2cc(-c3ccc(OC)cc3)no2)c(=O)[nH]c1=O. The van der Waals surface area contributed by atoms with E-state index in [9.17, 15) is 9.59 Å². The fourth-order valence-electron chi connectivity index (χ4n) is 3.24. The highest BCUT2D eigenvalue weighted by atomic mass is 16.5. The molecule has 2 aromatic heterocycles. The van der Waals surface area contributed by atoms with Gasteiger partial charge in [0.25, 0.3) is 5.56 Å². The third-order valence-electron chi connectivity index (χ3n) is 4.94. The number of anilines is 2. The average Bonchev–Trinajstić information content (AvgIpc) is 3.21. The molecule has 9 nitrogen and oxygen atoms in total. The minimum atomic E-state index is -0.512. The van der Waals surface area contributed by atoms with Gasteiger partial charge in [0.05, 0.1) is 13.7 Å². The number of hydrogen-bond acceptors (Lipinski definition) is 7. The summed E-state index contributed by atoms with van der Waals surface area (Å²) in [5.74, 6) is 1.49. The second kappa shape index (κ2) is 9.34. The maximum Gasteiger partial charge on any atom is 0.330 e. The topological polar surface area (TPSA) is 119 Å². The van der Waals surface area contributed by atoms with E-state index in [0.717, 1.165) is 24.2 Å². The molecule has 3 aromatic rings. The number of aromatic nitrogens is 3. The molecule has 0 atom stereocenters. The van der Waals surface area contributed by atoms with Crippen molar-refractivity contribution in [3.63, 3.8) is 0 Å². The second-order valence-electron chi connectivity index (χ2n) is 6.92. The van der Waals surface area contributed by atoms with E-state index in [1.54, 1.807) is 12.0 Å². The third kappa shape index (κ3) is 4.40. The second-order valence-corrected chi connectivity index (χ2v) is 6.92. The van der Waals surface area contributed by atoms with E-state index in [1.165, 1.54) is 4.57 Å². The molecule has 2 heterocycles. The molecule has 0 saturated carbocycles. The number of nitrogens with one attached hydrogen (secondary N) is 1. The molecule has 0 aliphatic heterocycles. The smallest absolute Gasteiger partial charge is 0.330 e. The molecule has 0 spiro atoms. The van der Waals surface area contributed by atoms with E-state index in [0.29, 0.717) is 31.1 Å². The zero-order valence-corrected chi connectivity index (χ0v) is 17.5. The number of aromatic amines is 1. The van der Waals surface area contributed by atoms with Gasteiger partial charge in [-0.1, -0.05) is 18.5 Å². The first-order chi connectivity index (χ1) is 14.5. The van der Waals surface area contributed by atoms with Crippen molar-refractivity contribution in [3.8, 4) is 17.0 Å². The standard InChI is InChI=1S/C21H27N5O4/c1-4-6-11-26-19(22)18(20(27)23-21(26)28)25(5-2)13-16-12-17(24-30-16)14-7-9-15(29-3)10-8-14/h7-10,12H,4-6,11,13,22H2,1-3H3,(H,23,27,28). The Morgan fingerprint density at radius 1 is 1.23 bits per heavy atom. The third-order valence-corrected chi connectivity index (χ3v) is 4.94. The Labute approximate surface area is 174 Å². The molecule has 3 N–H and O–H groups in total. The summed E-state index contributed by atoms with van der Waals surface area (Å²) in [7, 11) is 1.61. The molecule has 0 bridgehead atoms. The van der Waals surface area contributed by atoms with Gasteiger partial charge in [0.1, 0.15) is 22.9 Å². The lowest BCUT2D eigenvalue weighted by Gasteiger charge is -2.23. The molecule has 0 amide bonds. The van der Waals surface area contributed by atoms with Crippen molar-refractivity contribution < 1.29 is 9.26 Å². The van der Waals surface area contributed by atoms with Gasteiger partial charge in [-0.3, -0.25) is 14.3 Å². The Kier molecular flexibility index (Phi) is 6.61. The monoisotopic (exact) mass is 413 g/mol. The van der Waals surface area contributed by atoms with Crippen LogP contribution in [0.4, 0.5) is 11.5 Å². The number of nitrogen functional groups attached to an aromatic ring is 1. The summed E-state index contributed by atoms with van der Waals surface area (Å²) in [6.45, 7) is 5.17. The zero-order valence-electron chi connectivity index (χ0n) is 17.5. The molecule has 0 fully saturated rings. The van der Waals surface area contributed by atoms with Crippen LogP contribution in [-0.2, 0) is 13.1 Å². The molecule has 0 aliphatic carbocycles. The van der Waals surface area contributed by atoms with Crippen LogP contribution in [-0.4, -0.2) is 28.4 Å². The highest BCUT2D eigenvalue weighted by Gasteiger charge is 2.19. The predicted molar refractivity (Wildman–Crippen MR) is 116 cm³/mol. The lowest BCUT2D eigenvalue weighted by atomic mass is 10.1. The fraction of sp³-hybridized carbons (Fsp3) is 0.381. The maximum absolute atomic E-state index is 12.5. The van der Waals surface area contributed by atoms with Gasteiger partial charge in [0.2, 0.25) is 0 Å². The molecular formula is C21H27N5O4. The molecule has 0 unspecified atom stereocenters. The fourth-order valence-corrected chi connectivity index (χ4v) is 3.24. The molecule has 0 aliphatic rings. The van der Waals surface area contributed by atoms with Crippen molar-refractivity contribution in [2.75, 3.05) is 24.3 Å². The van der Waals surface area contributed by atoms with Crippen LogP contribution in [0, 0.1) is 0 Å². The summed E-state index contributed by atoms with van der Waals surface area (Å²) < 4.78 is 12.1. The summed E-state index contributed by atoms with van der Waals surface area (Å²) in [6, 6.07) is 9.31. The van der Waals surface area contributed by atoms with E-state index in [-0.39, 0.29) is 11.5 Å². The van der Waals surface area contributed by atoms with Crippen LogP contribution >= 0.6 is 0 Å². The van der Waals surface area contributed by atoms with Crippen molar-refractivity contribution in [3.05, 3.63) is 56.9 Å². The van der Waals surface area contributed by atoms with Crippen molar-refractivity contribution >= 4 is 11.5 Å². The number of unbranched alkanes of at least 4 members (excludes halogenated alkanes) is 1. The molecule has 160 valence electrons. The lowest BCUT2D eigenvalue weighted by molar-refractivity contribution is 0.383. The number of rotatable bonds is 9. The summed E-state index contributed by atoms with van der Waals surface area (Å²) in [4.78, 5) is 28.8. The molecule has 1 aromatic carbocycles. The first kappa shape index (κ1) is 21.2. The quantitative estimate of drug-likeness (QED) is 0.553. The number of hydrogen-bond donors (Lipinski definition) is 2. The number of nitrogens with zero attached hydrogens (tertiary/aromatic N) is 3. The van der Waals surface area contributed by atoms with Crippen molar-refractivity contribution in [1.29, 1.82) is 0 Å². The summed E-state index contributed by atoms with van der Waals surface area (Å²) in [5.41, 5.74) is 7.04. The Morgan fingerprint density at radius 2 is 1.97 bits per heavy atom. The Bertz CT molecular complexity index is 1100. The highest BCUT2D eigenvalue weighted by Crippen LogP contribution is 2.24. The van der Waals surface area contributed by atoms with Gasteiger partial charge in [0.15, 0.2) is 5.76 Å². The minimum absolute atomic E-state index is 0.161. The van der Waals surface area contributed by atoms with E-state index < -0.39 is 11.2 Å².